The van der Waals surface area contributed by atoms with Gasteiger partial charge >= 0.3 is 6.09 Å². The van der Waals surface area contributed by atoms with Crippen molar-refractivity contribution >= 4 is 22.0 Å². The molecule has 3 atom stereocenters. The minimum absolute atomic E-state index is 0.0294. The van der Waals surface area contributed by atoms with E-state index in [2.05, 4.69) is 10.6 Å². The van der Waals surface area contributed by atoms with Crippen LogP contribution in [-0.4, -0.2) is 68.7 Å². The van der Waals surface area contributed by atoms with E-state index < -0.39 is 34.1 Å². The van der Waals surface area contributed by atoms with E-state index in [0.717, 1.165) is 16.7 Å². The van der Waals surface area contributed by atoms with Crippen LogP contribution in [0.15, 0.2) is 89.8 Å². The summed E-state index contributed by atoms with van der Waals surface area (Å²) in [6.07, 6.45) is 0.894. The number of ether oxygens (including phenoxy) is 1. The molecule has 3 rings (SSSR count). The number of aryl methyl sites for hydroxylation is 1. The molecule has 0 heterocycles. The second kappa shape index (κ2) is 17.8. The number of nitrogens with one attached hydrogen (secondary N) is 2. The van der Waals surface area contributed by atoms with Crippen LogP contribution in [0, 0.1) is 18.8 Å². The third-order valence-corrected chi connectivity index (χ3v) is 10.1. The lowest BCUT2D eigenvalue weighted by Gasteiger charge is -2.32. The van der Waals surface area contributed by atoms with E-state index >= 15 is 0 Å². The molecule has 0 aliphatic heterocycles. The summed E-state index contributed by atoms with van der Waals surface area (Å²) in [4.78, 5) is 26.3. The third-order valence-electron chi connectivity index (χ3n) is 8.18. The second-order valence-corrected chi connectivity index (χ2v) is 14.2. The molecule has 0 aromatic heterocycles. The van der Waals surface area contributed by atoms with Crippen LogP contribution < -0.4 is 10.6 Å². The molecule has 2 amide bonds. The zero-order valence-corrected chi connectivity index (χ0v) is 28.4. The Morgan fingerprint density at radius 2 is 1.43 bits per heavy atom. The van der Waals surface area contributed by atoms with Crippen molar-refractivity contribution in [3.05, 3.63) is 102 Å². The highest BCUT2D eigenvalue weighted by Crippen LogP contribution is 2.29. The number of carbonyl (C=O) groups excluding carboxylic acids is 2. The Hall–Kier alpha value is -3.73. The number of methoxy groups -OCH3 is 1. The largest absolute Gasteiger partial charge is 0.453 e. The fourth-order valence-corrected chi connectivity index (χ4v) is 7.17. The number of aliphatic hydroxyl groups is 1. The first-order valence-electron chi connectivity index (χ1n) is 15.9. The highest BCUT2D eigenvalue weighted by Gasteiger charge is 2.34. The molecule has 0 aliphatic carbocycles. The van der Waals surface area contributed by atoms with Gasteiger partial charge in [0.25, 0.3) is 0 Å². The summed E-state index contributed by atoms with van der Waals surface area (Å²) in [7, 11) is -2.58. The highest BCUT2D eigenvalue weighted by molar-refractivity contribution is 7.89. The maximum absolute atomic E-state index is 13.7. The highest BCUT2D eigenvalue weighted by atomic mass is 32.2. The number of hydrogen-bond donors (Lipinski definition) is 3. The predicted molar refractivity (Wildman–Crippen MR) is 181 cm³/mol. The van der Waals surface area contributed by atoms with Crippen molar-refractivity contribution in [2.45, 2.75) is 69.9 Å². The molecule has 0 saturated heterocycles. The summed E-state index contributed by atoms with van der Waals surface area (Å²) in [6, 6.07) is 24.2. The number of aliphatic hydroxyl groups excluding tert-OH is 1. The monoisotopic (exact) mass is 651 g/mol. The van der Waals surface area contributed by atoms with Crippen LogP contribution in [0.5, 0.6) is 0 Å². The van der Waals surface area contributed by atoms with Gasteiger partial charge in [-0.05, 0) is 61.3 Å². The Morgan fingerprint density at radius 3 is 1.93 bits per heavy atom. The van der Waals surface area contributed by atoms with E-state index in [1.54, 1.807) is 24.3 Å². The van der Waals surface area contributed by atoms with Gasteiger partial charge in [0.1, 0.15) is 6.04 Å². The Labute approximate surface area is 274 Å². The fraction of sp³-hybridized carbons (Fsp3) is 0.444. The molecular formula is C36H49N3O6S. The Morgan fingerprint density at radius 1 is 0.870 bits per heavy atom. The fourth-order valence-electron chi connectivity index (χ4n) is 5.53. The van der Waals surface area contributed by atoms with E-state index in [0.29, 0.717) is 32.4 Å². The Bertz CT molecular complexity index is 1430. The van der Waals surface area contributed by atoms with Crippen molar-refractivity contribution in [2.75, 3.05) is 26.8 Å². The van der Waals surface area contributed by atoms with Gasteiger partial charge in [-0.15, -0.1) is 0 Å². The SMILES string of the molecule is COC(=O)N[C@H](C(=O)NCCC(C)C[C@@H](CO)N(CCC(C)C)S(=O)(=O)c1ccc(C)cc1)C(c1ccccc1)c1ccccc1. The van der Waals surface area contributed by atoms with Gasteiger partial charge in [0.05, 0.1) is 18.6 Å². The summed E-state index contributed by atoms with van der Waals surface area (Å²) < 4.78 is 33.8. The first-order valence-corrected chi connectivity index (χ1v) is 17.3. The zero-order chi connectivity index (χ0) is 33.7. The standard InChI is InChI=1S/C36H49N3O6S/c1-26(2)21-23-39(46(43,44)32-18-16-27(3)17-19-32)31(25-40)24-28(4)20-22-37-35(41)34(38-36(42)45-5)33(29-12-8-6-9-13-29)30-14-10-7-11-15-30/h6-19,26,28,31,33-34,40H,20-25H2,1-5H3,(H,37,41)(H,38,42)/t28?,31-,34-/m0/s1. The number of carbonyl (C=O) groups is 2. The lowest BCUT2D eigenvalue weighted by molar-refractivity contribution is -0.123. The Balaban J connectivity index is 1.75. The number of amides is 2. The number of rotatable bonds is 17. The average molecular weight is 652 g/mol. The van der Waals surface area contributed by atoms with Gasteiger partial charge in [-0.1, -0.05) is 99.1 Å². The molecule has 10 heteroatoms. The van der Waals surface area contributed by atoms with Crippen molar-refractivity contribution in [2.24, 2.45) is 11.8 Å². The van der Waals surface area contributed by atoms with Gasteiger partial charge in [-0.25, -0.2) is 13.2 Å². The minimum Gasteiger partial charge on any atom is -0.453 e. The van der Waals surface area contributed by atoms with E-state index in [4.69, 9.17) is 4.74 Å². The molecule has 0 radical (unpaired) electrons. The average Bonchev–Trinajstić information content (AvgIpc) is 3.04. The molecule has 46 heavy (non-hydrogen) atoms. The van der Waals surface area contributed by atoms with Crippen molar-refractivity contribution in [3.63, 3.8) is 0 Å². The predicted octanol–water partition coefficient (Wildman–Crippen LogP) is 5.48. The molecule has 3 N–H and O–H groups in total. The van der Waals surface area contributed by atoms with Gasteiger partial charge in [0, 0.05) is 25.0 Å². The van der Waals surface area contributed by atoms with Crippen molar-refractivity contribution in [3.8, 4) is 0 Å². The molecule has 0 spiro atoms. The number of alkyl carbamates (subject to hydrolysis) is 1. The maximum Gasteiger partial charge on any atom is 0.407 e. The molecule has 0 bridgehead atoms. The molecule has 9 nitrogen and oxygen atoms in total. The van der Waals surface area contributed by atoms with Crippen LogP contribution in [0.2, 0.25) is 0 Å². The van der Waals surface area contributed by atoms with Crippen LogP contribution in [-0.2, 0) is 19.6 Å². The van der Waals surface area contributed by atoms with Gasteiger partial charge in [-0.2, -0.15) is 4.31 Å². The van der Waals surface area contributed by atoms with E-state index in [1.165, 1.54) is 11.4 Å². The van der Waals surface area contributed by atoms with Crippen LogP contribution in [0.1, 0.15) is 62.6 Å². The summed E-state index contributed by atoms with van der Waals surface area (Å²) >= 11 is 0. The third kappa shape index (κ3) is 10.4. The molecule has 0 saturated carbocycles. The van der Waals surface area contributed by atoms with Crippen molar-refractivity contribution < 1.29 is 27.9 Å². The van der Waals surface area contributed by atoms with Gasteiger partial charge < -0.3 is 20.5 Å². The van der Waals surface area contributed by atoms with Gasteiger partial charge in [0.2, 0.25) is 15.9 Å². The molecule has 0 fully saturated rings. The van der Waals surface area contributed by atoms with E-state index in [1.807, 2.05) is 88.4 Å². The van der Waals surface area contributed by atoms with Gasteiger partial charge in [-0.3, -0.25) is 4.79 Å². The number of hydrogen-bond acceptors (Lipinski definition) is 6. The van der Waals surface area contributed by atoms with Crippen LogP contribution in [0.3, 0.4) is 0 Å². The van der Waals surface area contributed by atoms with E-state index in [9.17, 15) is 23.1 Å². The van der Waals surface area contributed by atoms with Crippen LogP contribution in [0.4, 0.5) is 4.79 Å². The zero-order valence-electron chi connectivity index (χ0n) is 27.6. The molecule has 3 aromatic rings. The topological polar surface area (TPSA) is 125 Å². The van der Waals surface area contributed by atoms with Crippen molar-refractivity contribution in [1.29, 1.82) is 0 Å². The normalized spacial score (nSPS) is 13.8. The summed E-state index contributed by atoms with van der Waals surface area (Å²) in [5, 5.41) is 16.1. The molecule has 1 unspecified atom stereocenters. The first-order chi connectivity index (χ1) is 22.0. The lowest BCUT2D eigenvalue weighted by atomic mass is 9.84. The minimum atomic E-state index is -3.84. The van der Waals surface area contributed by atoms with Crippen LogP contribution in [0.25, 0.3) is 0 Å². The van der Waals surface area contributed by atoms with Crippen LogP contribution >= 0.6 is 0 Å². The molecule has 0 aliphatic rings. The van der Waals surface area contributed by atoms with Gasteiger partial charge in [0.15, 0.2) is 0 Å². The first kappa shape index (κ1) is 36.7. The molecular weight excluding hydrogens is 602 g/mol. The second-order valence-electron chi connectivity index (χ2n) is 12.3. The molecule has 250 valence electrons. The smallest absolute Gasteiger partial charge is 0.407 e. The summed E-state index contributed by atoms with van der Waals surface area (Å²) in [5.41, 5.74) is 2.69. The summed E-state index contributed by atoms with van der Waals surface area (Å²) in [5.74, 6) is -0.586. The van der Waals surface area contributed by atoms with E-state index in [-0.39, 0.29) is 29.2 Å². The van der Waals surface area contributed by atoms with Crippen molar-refractivity contribution in [1.82, 2.24) is 14.9 Å². The number of nitrogens with zero attached hydrogens (tertiary/aromatic N) is 1. The number of sulfonamides is 1. The number of benzene rings is 3. The molecule has 3 aromatic carbocycles. The Kier molecular flexibility index (Phi) is 14.2. The maximum atomic E-state index is 13.7. The summed E-state index contributed by atoms with van der Waals surface area (Å²) in [6.45, 7) is 8.24. The quantitative estimate of drug-likeness (QED) is 0.178. The lowest BCUT2D eigenvalue weighted by Crippen LogP contribution is -2.50.